The van der Waals surface area contributed by atoms with Gasteiger partial charge in [-0.2, -0.15) is 0 Å². The molecule has 1 aliphatic carbocycles. The van der Waals surface area contributed by atoms with Crippen molar-refractivity contribution < 1.29 is 4.79 Å². The molecule has 5 heteroatoms. The summed E-state index contributed by atoms with van der Waals surface area (Å²) < 4.78 is 0.808. The number of benzene rings is 1. The second kappa shape index (κ2) is 5.71. The summed E-state index contributed by atoms with van der Waals surface area (Å²) in [6.45, 7) is 0. The number of hydrogen-bond acceptors (Lipinski definition) is 3. The number of anilines is 1. The van der Waals surface area contributed by atoms with Gasteiger partial charge in [0.2, 0.25) is 0 Å². The van der Waals surface area contributed by atoms with Crippen molar-refractivity contribution in [3.63, 3.8) is 0 Å². The van der Waals surface area contributed by atoms with Crippen LogP contribution in [0.1, 0.15) is 36.0 Å². The summed E-state index contributed by atoms with van der Waals surface area (Å²) in [6.07, 6.45) is 3.87. The molecule has 18 heavy (non-hydrogen) atoms. The molecular formula is C13H18BrN3O. The maximum Gasteiger partial charge on any atom is 0.251 e. The molecule has 98 valence electrons. The maximum atomic E-state index is 12.0. The highest BCUT2D eigenvalue weighted by Crippen LogP contribution is 2.21. The predicted octanol–water partition coefficient (Wildman–Crippen LogP) is 2.03. The number of nitrogens with one attached hydrogen (secondary N) is 1. The van der Waals surface area contributed by atoms with Crippen LogP contribution in [0.15, 0.2) is 22.7 Å². The quantitative estimate of drug-likeness (QED) is 0.731. The van der Waals surface area contributed by atoms with Gasteiger partial charge < -0.3 is 16.8 Å². The Labute approximate surface area is 115 Å². The lowest BCUT2D eigenvalue weighted by Crippen LogP contribution is -2.40. The van der Waals surface area contributed by atoms with Gasteiger partial charge in [-0.15, -0.1) is 0 Å². The van der Waals surface area contributed by atoms with E-state index in [1.165, 1.54) is 0 Å². The first-order valence-electron chi connectivity index (χ1n) is 6.17. The zero-order chi connectivity index (χ0) is 13.1. The van der Waals surface area contributed by atoms with E-state index >= 15 is 0 Å². The van der Waals surface area contributed by atoms with Crippen molar-refractivity contribution in [3.05, 3.63) is 28.2 Å². The van der Waals surface area contributed by atoms with E-state index in [2.05, 4.69) is 21.2 Å². The van der Waals surface area contributed by atoms with E-state index in [-0.39, 0.29) is 11.9 Å². The van der Waals surface area contributed by atoms with Crippen molar-refractivity contribution >= 4 is 27.5 Å². The second-order valence-electron chi connectivity index (χ2n) is 4.82. The van der Waals surface area contributed by atoms with Crippen molar-refractivity contribution in [1.82, 2.24) is 5.32 Å². The smallest absolute Gasteiger partial charge is 0.251 e. The van der Waals surface area contributed by atoms with E-state index < -0.39 is 0 Å². The Morgan fingerprint density at radius 3 is 2.56 bits per heavy atom. The predicted molar refractivity (Wildman–Crippen MR) is 76.3 cm³/mol. The van der Waals surface area contributed by atoms with Gasteiger partial charge in [0.15, 0.2) is 0 Å². The molecule has 1 saturated carbocycles. The summed E-state index contributed by atoms with van der Waals surface area (Å²) in [5.41, 5.74) is 12.8. The molecule has 4 nitrogen and oxygen atoms in total. The number of hydrogen-bond donors (Lipinski definition) is 3. The summed E-state index contributed by atoms with van der Waals surface area (Å²) in [5, 5.41) is 3.04. The molecule has 0 radical (unpaired) electrons. The van der Waals surface area contributed by atoms with Gasteiger partial charge >= 0.3 is 0 Å². The second-order valence-corrected chi connectivity index (χ2v) is 5.68. The number of nitrogen functional groups attached to an aromatic ring is 1. The summed E-state index contributed by atoms with van der Waals surface area (Å²) in [4.78, 5) is 12.0. The standard InChI is InChI=1S/C13H18BrN3O/c14-11-6-1-8(7-12(11)16)13(18)17-10-4-2-9(15)3-5-10/h1,6-7,9-10H,2-5,15-16H2,(H,17,18). The number of carbonyl (C=O) groups is 1. The molecule has 1 aromatic rings. The first kappa shape index (κ1) is 13.4. The van der Waals surface area contributed by atoms with Crippen molar-refractivity contribution in [2.75, 3.05) is 5.73 Å². The lowest BCUT2D eigenvalue weighted by atomic mass is 9.91. The molecule has 0 saturated heterocycles. The molecule has 0 spiro atoms. The Bertz CT molecular complexity index is 442. The lowest BCUT2D eigenvalue weighted by molar-refractivity contribution is 0.0926. The van der Waals surface area contributed by atoms with Crippen LogP contribution >= 0.6 is 15.9 Å². The summed E-state index contributed by atoms with van der Waals surface area (Å²) in [6, 6.07) is 5.78. The molecule has 1 fully saturated rings. The Balaban J connectivity index is 1.97. The Hall–Kier alpha value is -1.07. The van der Waals surface area contributed by atoms with Crippen LogP contribution in [0.2, 0.25) is 0 Å². The van der Waals surface area contributed by atoms with Crippen LogP contribution in [0.5, 0.6) is 0 Å². The van der Waals surface area contributed by atoms with Gasteiger partial charge in [0, 0.05) is 27.8 Å². The van der Waals surface area contributed by atoms with Gasteiger partial charge in [0.25, 0.3) is 5.91 Å². The number of halogens is 1. The summed E-state index contributed by atoms with van der Waals surface area (Å²) in [5.74, 6) is -0.0605. The topological polar surface area (TPSA) is 81.1 Å². The van der Waals surface area contributed by atoms with Crippen LogP contribution in [0.25, 0.3) is 0 Å². The molecule has 0 bridgehead atoms. The van der Waals surface area contributed by atoms with E-state index in [0.29, 0.717) is 17.3 Å². The minimum absolute atomic E-state index is 0.0605. The van der Waals surface area contributed by atoms with Gasteiger partial charge in [-0.25, -0.2) is 0 Å². The minimum atomic E-state index is -0.0605. The van der Waals surface area contributed by atoms with E-state index in [1.54, 1.807) is 18.2 Å². The largest absolute Gasteiger partial charge is 0.398 e. The highest BCUT2D eigenvalue weighted by Gasteiger charge is 2.20. The molecule has 2 rings (SSSR count). The van der Waals surface area contributed by atoms with Crippen LogP contribution in [0.4, 0.5) is 5.69 Å². The molecule has 5 N–H and O–H groups in total. The monoisotopic (exact) mass is 311 g/mol. The van der Waals surface area contributed by atoms with E-state index in [4.69, 9.17) is 11.5 Å². The fourth-order valence-corrected chi connectivity index (χ4v) is 2.46. The molecule has 0 aromatic heterocycles. The summed E-state index contributed by atoms with van der Waals surface area (Å²) in [7, 11) is 0. The normalized spacial score (nSPS) is 23.7. The molecule has 1 aliphatic rings. The third kappa shape index (κ3) is 3.23. The molecule has 0 heterocycles. The zero-order valence-corrected chi connectivity index (χ0v) is 11.7. The Kier molecular flexibility index (Phi) is 4.24. The van der Waals surface area contributed by atoms with E-state index in [0.717, 1.165) is 30.2 Å². The first-order chi connectivity index (χ1) is 8.56. The van der Waals surface area contributed by atoms with Crippen LogP contribution in [0.3, 0.4) is 0 Å². The third-order valence-corrected chi connectivity index (χ3v) is 4.09. The van der Waals surface area contributed by atoms with Crippen molar-refractivity contribution in [2.24, 2.45) is 5.73 Å². The highest BCUT2D eigenvalue weighted by atomic mass is 79.9. The minimum Gasteiger partial charge on any atom is -0.398 e. The molecule has 1 aromatic carbocycles. The number of rotatable bonds is 2. The Morgan fingerprint density at radius 1 is 1.28 bits per heavy atom. The highest BCUT2D eigenvalue weighted by molar-refractivity contribution is 9.10. The fourth-order valence-electron chi connectivity index (χ4n) is 2.22. The first-order valence-corrected chi connectivity index (χ1v) is 6.97. The van der Waals surface area contributed by atoms with Crippen LogP contribution in [-0.4, -0.2) is 18.0 Å². The molecular weight excluding hydrogens is 294 g/mol. The van der Waals surface area contributed by atoms with Gasteiger partial charge in [0.1, 0.15) is 0 Å². The lowest BCUT2D eigenvalue weighted by Gasteiger charge is -2.26. The van der Waals surface area contributed by atoms with E-state index in [9.17, 15) is 4.79 Å². The molecule has 0 aliphatic heterocycles. The molecule has 0 unspecified atom stereocenters. The number of nitrogens with two attached hydrogens (primary N) is 2. The van der Waals surface area contributed by atoms with Gasteiger partial charge in [-0.05, 0) is 59.8 Å². The summed E-state index contributed by atoms with van der Waals surface area (Å²) >= 11 is 3.31. The van der Waals surface area contributed by atoms with Gasteiger partial charge in [-0.1, -0.05) is 0 Å². The SMILES string of the molecule is Nc1cc(C(=O)NC2CCC(N)CC2)ccc1Br. The fraction of sp³-hybridized carbons (Fsp3) is 0.462. The number of amides is 1. The van der Waals surface area contributed by atoms with Crippen molar-refractivity contribution in [1.29, 1.82) is 0 Å². The van der Waals surface area contributed by atoms with Crippen LogP contribution in [-0.2, 0) is 0 Å². The third-order valence-electron chi connectivity index (χ3n) is 3.37. The average molecular weight is 312 g/mol. The van der Waals surface area contributed by atoms with Gasteiger partial charge in [0.05, 0.1) is 0 Å². The maximum absolute atomic E-state index is 12.0. The van der Waals surface area contributed by atoms with Crippen LogP contribution < -0.4 is 16.8 Å². The van der Waals surface area contributed by atoms with Crippen LogP contribution in [0, 0.1) is 0 Å². The van der Waals surface area contributed by atoms with Gasteiger partial charge in [-0.3, -0.25) is 4.79 Å². The average Bonchev–Trinajstić information content (AvgIpc) is 2.35. The zero-order valence-electron chi connectivity index (χ0n) is 10.2. The number of carbonyl (C=O) groups excluding carboxylic acids is 1. The van der Waals surface area contributed by atoms with Crippen molar-refractivity contribution in [3.8, 4) is 0 Å². The molecule has 1 amide bonds. The molecule has 0 atom stereocenters. The van der Waals surface area contributed by atoms with E-state index in [1.807, 2.05) is 0 Å². The Morgan fingerprint density at radius 2 is 1.94 bits per heavy atom. The van der Waals surface area contributed by atoms with Crippen molar-refractivity contribution in [2.45, 2.75) is 37.8 Å².